The second-order valence-electron chi connectivity index (χ2n) is 6.28. The molecule has 0 bridgehead atoms. The molecule has 0 amide bonds. The van der Waals surface area contributed by atoms with Gasteiger partial charge in [-0.25, -0.2) is 4.98 Å². The van der Waals surface area contributed by atoms with E-state index >= 15 is 0 Å². The van der Waals surface area contributed by atoms with E-state index in [1.165, 1.54) is 12.1 Å². The molecule has 0 unspecified atom stereocenters. The van der Waals surface area contributed by atoms with Gasteiger partial charge in [0.05, 0.1) is 23.0 Å². The van der Waals surface area contributed by atoms with Gasteiger partial charge in [-0.2, -0.15) is 17.0 Å². The lowest BCUT2D eigenvalue weighted by molar-refractivity contribution is -0.384. The maximum absolute atomic E-state index is 10.7. The Balaban J connectivity index is 1.33. The molecule has 0 aliphatic carbocycles. The smallest absolute Gasteiger partial charge is 0.269 e. The van der Waals surface area contributed by atoms with Crippen molar-refractivity contribution in [1.29, 1.82) is 0 Å². The van der Waals surface area contributed by atoms with Gasteiger partial charge in [0, 0.05) is 30.7 Å². The van der Waals surface area contributed by atoms with Crippen LogP contribution in [0.2, 0.25) is 0 Å². The van der Waals surface area contributed by atoms with Gasteiger partial charge < -0.3 is 9.15 Å². The lowest BCUT2D eigenvalue weighted by atomic mass is 10.2. The first kappa shape index (κ1) is 20.9. The van der Waals surface area contributed by atoms with Gasteiger partial charge in [0.25, 0.3) is 5.69 Å². The van der Waals surface area contributed by atoms with Crippen LogP contribution < -0.4 is 0 Å². The second kappa shape index (κ2) is 10.7. The molecular formula is C18H22N6O4S. The number of ether oxygens (including phenoxy) is 1. The van der Waals surface area contributed by atoms with Crippen LogP contribution in [-0.2, 0) is 16.9 Å². The Morgan fingerprint density at radius 3 is 2.79 bits per heavy atom. The normalized spacial score (nSPS) is 11.1. The van der Waals surface area contributed by atoms with Crippen molar-refractivity contribution in [2.24, 2.45) is 0 Å². The number of unbranched alkanes of at least 4 members (excludes halogenated alkanes) is 1. The van der Waals surface area contributed by atoms with Crippen LogP contribution in [0.15, 0.2) is 28.7 Å². The number of oxazole rings is 1. The number of nitrogens with zero attached hydrogens (tertiary/aromatic N) is 5. The second-order valence-corrected chi connectivity index (χ2v) is 7.38. The molecule has 0 spiro atoms. The SMILES string of the molecule is Cc1oc(-c2ccc([N+](=O)[O-])cc2)nc1CCOCCCCSCc1nn[nH]n1. The van der Waals surface area contributed by atoms with E-state index in [0.717, 1.165) is 41.6 Å². The summed E-state index contributed by atoms with van der Waals surface area (Å²) in [5.74, 6) is 3.71. The molecular weight excluding hydrogens is 396 g/mol. The summed E-state index contributed by atoms with van der Waals surface area (Å²) in [5.41, 5.74) is 1.59. The van der Waals surface area contributed by atoms with E-state index in [9.17, 15) is 10.1 Å². The van der Waals surface area contributed by atoms with Gasteiger partial charge in [-0.05, 0) is 37.7 Å². The Labute approximate surface area is 171 Å². The number of nitro groups is 1. The van der Waals surface area contributed by atoms with Crippen LogP contribution in [0.25, 0.3) is 11.5 Å². The van der Waals surface area contributed by atoms with Crippen LogP contribution in [0, 0.1) is 17.0 Å². The first-order valence-corrected chi connectivity index (χ1v) is 10.4. The van der Waals surface area contributed by atoms with Crippen molar-refractivity contribution < 1.29 is 14.1 Å². The highest BCUT2D eigenvalue weighted by molar-refractivity contribution is 7.98. The lowest BCUT2D eigenvalue weighted by Gasteiger charge is -2.03. The largest absolute Gasteiger partial charge is 0.441 e. The maximum Gasteiger partial charge on any atom is 0.269 e. The minimum atomic E-state index is -0.431. The molecule has 3 rings (SSSR count). The molecule has 29 heavy (non-hydrogen) atoms. The van der Waals surface area contributed by atoms with Gasteiger partial charge in [-0.15, -0.1) is 10.2 Å². The number of aromatic nitrogens is 5. The molecule has 2 aromatic heterocycles. The molecule has 1 aromatic carbocycles. The lowest BCUT2D eigenvalue weighted by Crippen LogP contribution is -2.02. The fraction of sp³-hybridized carbons (Fsp3) is 0.444. The highest BCUT2D eigenvalue weighted by Crippen LogP contribution is 2.24. The van der Waals surface area contributed by atoms with Gasteiger partial charge in [0.1, 0.15) is 5.76 Å². The number of rotatable bonds is 12. The number of nitrogens with one attached hydrogen (secondary N) is 1. The van der Waals surface area contributed by atoms with Crippen molar-refractivity contribution in [2.75, 3.05) is 19.0 Å². The molecule has 0 radical (unpaired) electrons. The number of benzene rings is 1. The molecule has 0 fully saturated rings. The molecule has 1 N–H and O–H groups in total. The van der Waals surface area contributed by atoms with Crippen molar-refractivity contribution in [2.45, 2.75) is 31.9 Å². The number of hydrogen-bond donors (Lipinski definition) is 1. The molecule has 0 aliphatic heterocycles. The molecule has 0 aliphatic rings. The van der Waals surface area contributed by atoms with Gasteiger partial charge in [0.15, 0.2) is 5.82 Å². The number of aryl methyl sites for hydroxylation is 1. The van der Waals surface area contributed by atoms with Crippen molar-refractivity contribution in [3.8, 4) is 11.5 Å². The van der Waals surface area contributed by atoms with E-state index in [0.29, 0.717) is 31.1 Å². The Morgan fingerprint density at radius 1 is 1.24 bits per heavy atom. The van der Waals surface area contributed by atoms with Crippen molar-refractivity contribution in [3.05, 3.63) is 51.7 Å². The van der Waals surface area contributed by atoms with E-state index < -0.39 is 4.92 Å². The number of tetrazole rings is 1. The minimum Gasteiger partial charge on any atom is -0.441 e. The zero-order valence-electron chi connectivity index (χ0n) is 16.0. The highest BCUT2D eigenvalue weighted by atomic mass is 32.2. The maximum atomic E-state index is 10.7. The predicted molar refractivity (Wildman–Crippen MR) is 107 cm³/mol. The van der Waals surface area contributed by atoms with Crippen LogP contribution in [0.4, 0.5) is 5.69 Å². The number of thioether (sulfide) groups is 1. The van der Waals surface area contributed by atoms with Gasteiger partial charge >= 0.3 is 0 Å². The highest BCUT2D eigenvalue weighted by Gasteiger charge is 2.13. The third-order valence-corrected chi connectivity index (χ3v) is 5.19. The Kier molecular flexibility index (Phi) is 7.70. The minimum absolute atomic E-state index is 0.0406. The summed E-state index contributed by atoms with van der Waals surface area (Å²) in [5, 5.41) is 24.5. The van der Waals surface area contributed by atoms with Crippen LogP contribution >= 0.6 is 11.8 Å². The van der Waals surface area contributed by atoms with E-state index in [4.69, 9.17) is 9.15 Å². The Bertz CT molecular complexity index is 898. The topological polar surface area (TPSA) is 133 Å². The van der Waals surface area contributed by atoms with E-state index in [1.54, 1.807) is 23.9 Å². The molecule has 10 nitrogen and oxygen atoms in total. The van der Waals surface area contributed by atoms with Crippen LogP contribution in [-0.4, -0.2) is 49.5 Å². The van der Waals surface area contributed by atoms with Crippen LogP contribution in [0.1, 0.15) is 30.1 Å². The number of aromatic amines is 1. The first-order valence-electron chi connectivity index (χ1n) is 9.22. The third kappa shape index (κ3) is 6.36. The average Bonchev–Trinajstić information content (AvgIpc) is 3.36. The standard InChI is InChI=1S/C18H22N6O4S/c1-13-16(19-18(28-13)14-4-6-15(7-5-14)24(25)26)8-10-27-9-2-3-11-29-12-17-20-22-23-21-17/h4-7H,2-3,8-12H2,1H3,(H,20,21,22,23). The summed E-state index contributed by atoms with van der Waals surface area (Å²) >= 11 is 1.78. The average molecular weight is 418 g/mol. The molecule has 11 heteroatoms. The Morgan fingerprint density at radius 2 is 2.07 bits per heavy atom. The van der Waals surface area contributed by atoms with E-state index in [-0.39, 0.29) is 5.69 Å². The predicted octanol–water partition coefficient (Wildman–Crippen LogP) is 3.34. The number of nitro benzene ring substituents is 1. The van der Waals surface area contributed by atoms with E-state index in [1.807, 2.05) is 6.92 Å². The monoisotopic (exact) mass is 418 g/mol. The van der Waals surface area contributed by atoms with Crippen molar-refractivity contribution in [3.63, 3.8) is 0 Å². The number of hydrogen-bond acceptors (Lipinski definition) is 9. The van der Waals surface area contributed by atoms with Crippen LogP contribution in [0.5, 0.6) is 0 Å². The third-order valence-electron chi connectivity index (χ3n) is 4.15. The summed E-state index contributed by atoms with van der Waals surface area (Å²) in [6, 6.07) is 6.16. The van der Waals surface area contributed by atoms with Crippen LogP contribution in [0.3, 0.4) is 0 Å². The molecule has 0 atom stereocenters. The number of non-ortho nitro benzene ring substituents is 1. The van der Waals surface area contributed by atoms with Crippen molar-refractivity contribution >= 4 is 17.4 Å². The molecule has 0 saturated heterocycles. The van der Waals surface area contributed by atoms with Gasteiger partial charge in [-0.1, -0.05) is 5.21 Å². The summed E-state index contributed by atoms with van der Waals surface area (Å²) in [6.45, 7) is 3.14. The molecule has 3 aromatic rings. The Hall–Kier alpha value is -2.79. The molecule has 0 saturated carbocycles. The summed E-state index contributed by atoms with van der Waals surface area (Å²) < 4.78 is 11.4. The fourth-order valence-corrected chi connectivity index (χ4v) is 3.45. The summed E-state index contributed by atoms with van der Waals surface area (Å²) in [4.78, 5) is 14.8. The van der Waals surface area contributed by atoms with Gasteiger partial charge in [0.2, 0.25) is 5.89 Å². The first-order chi connectivity index (χ1) is 14.1. The zero-order valence-corrected chi connectivity index (χ0v) is 16.9. The summed E-state index contributed by atoms with van der Waals surface area (Å²) in [7, 11) is 0. The number of H-pyrrole nitrogens is 1. The molecule has 2 heterocycles. The molecule has 154 valence electrons. The fourth-order valence-electron chi connectivity index (χ4n) is 2.60. The quantitative estimate of drug-likeness (QED) is 0.267. The van der Waals surface area contributed by atoms with Gasteiger partial charge in [-0.3, -0.25) is 10.1 Å². The van der Waals surface area contributed by atoms with E-state index in [2.05, 4.69) is 25.6 Å². The summed E-state index contributed by atoms with van der Waals surface area (Å²) in [6.07, 6.45) is 2.72. The zero-order chi connectivity index (χ0) is 20.5. The van der Waals surface area contributed by atoms with Crippen molar-refractivity contribution in [1.82, 2.24) is 25.6 Å².